The van der Waals surface area contributed by atoms with E-state index in [1.165, 1.54) is 61.0 Å². The zero-order valence-corrected chi connectivity index (χ0v) is 52.7. The lowest BCUT2D eigenvalue weighted by atomic mass is 9.33. The van der Waals surface area contributed by atoms with E-state index >= 15 is 0 Å². The van der Waals surface area contributed by atoms with E-state index in [-0.39, 0.29) is 44.6 Å². The zero-order valence-electron chi connectivity index (χ0n) is 55.7. The third-order valence-electron chi connectivity index (χ3n) is 21.1. The van der Waals surface area contributed by atoms with Gasteiger partial charge in [-0.1, -0.05) is 237 Å². The van der Waals surface area contributed by atoms with Gasteiger partial charge < -0.3 is 9.80 Å². The highest BCUT2D eigenvalue weighted by Crippen LogP contribution is 2.54. The largest absolute Gasteiger partial charge is 0.311 e. The minimum Gasteiger partial charge on any atom is -0.311 e. The van der Waals surface area contributed by atoms with Crippen LogP contribution in [0.25, 0.3) is 22.3 Å². The van der Waals surface area contributed by atoms with Crippen molar-refractivity contribution in [3.05, 3.63) is 244 Å². The second kappa shape index (κ2) is 19.3. The van der Waals surface area contributed by atoms with Crippen molar-refractivity contribution in [3.63, 3.8) is 0 Å². The van der Waals surface area contributed by atoms with Crippen molar-refractivity contribution in [1.29, 1.82) is 0 Å². The molecule has 84 heavy (non-hydrogen) atoms. The lowest BCUT2D eigenvalue weighted by Crippen LogP contribution is -2.62. The molecule has 0 N–H and O–H groups in total. The highest BCUT2D eigenvalue weighted by molar-refractivity contribution is 7.00. The Morgan fingerprint density at radius 3 is 1.45 bits per heavy atom. The number of hydrogen-bond donors (Lipinski definition) is 0. The van der Waals surface area contributed by atoms with Crippen molar-refractivity contribution in [2.75, 3.05) is 9.80 Å². The molecular weight excluding hydrogens is 1010 g/mol. The fourth-order valence-corrected chi connectivity index (χ4v) is 15.1. The van der Waals surface area contributed by atoms with Gasteiger partial charge in [-0.25, -0.2) is 0 Å². The summed E-state index contributed by atoms with van der Waals surface area (Å²) in [6, 6.07) is 70.7. The molecule has 4 aliphatic rings. The summed E-state index contributed by atoms with van der Waals surface area (Å²) in [6.07, 6.45) is 4.36. The van der Waals surface area contributed by atoms with Crippen LogP contribution in [0.2, 0.25) is 0 Å². The molecule has 2 aliphatic carbocycles. The molecule has 0 unspecified atom stereocenters. The van der Waals surface area contributed by atoms with Crippen molar-refractivity contribution in [2.24, 2.45) is 0 Å². The average Bonchev–Trinajstić information content (AvgIpc) is 0.696. The fraction of sp³-hybridized carbons (Fsp3) is 0.333. The number of fused-ring (bicyclic) bond motifs is 6. The summed E-state index contributed by atoms with van der Waals surface area (Å²) in [6.45, 7) is 32.9. The monoisotopic (exact) mass is 1100 g/mol. The van der Waals surface area contributed by atoms with Crippen molar-refractivity contribution >= 4 is 57.2 Å². The molecule has 0 saturated heterocycles. The molecule has 2 heterocycles. The SMILES string of the molecule is [2H]C([2H])([2H])c1cc2c3c(c1)N(c1ccc(C(C)(C)c4ccccc4)cc1-c1cccc(-c4ccc(C(C)(C)C)cc4)c1)c1ccc(C(C)(C)c4ccccc4)cc1B3c1cc3c(cc1N2c1ccc2c(c1)C(C)(C)CCC2(C)C)C(C)(C)CCC3(C)C. The maximum absolute atomic E-state index is 9.48. The highest BCUT2D eigenvalue weighted by atomic mass is 15.2. The van der Waals surface area contributed by atoms with Crippen molar-refractivity contribution in [3.8, 4) is 22.3 Å². The molecule has 0 saturated carbocycles. The molecule has 0 bridgehead atoms. The van der Waals surface area contributed by atoms with Crippen LogP contribution < -0.4 is 26.2 Å². The van der Waals surface area contributed by atoms with Crippen LogP contribution in [0.15, 0.2) is 188 Å². The first-order valence-corrected chi connectivity index (χ1v) is 31.1. The van der Waals surface area contributed by atoms with Crippen LogP contribution in [0.1, 0.15) is 189 Å². The average molecular weight is 1100 g/mol. The molecule has 0 amide bonds. The first kappa shape index (κ1) is 52.2. The van der Waals surface area contributed by atoms with Crippen molar-refractivity contribution < 1.29 is 4.11 Å². The molecule has 0 atom stereocenters. The highest BCUT2D eigenvalue weighted by Gasteiger charge is 2.48. The van der Waals surface area contributed by atoms with Crippen LogP contribution in [0.5, 0.6) is 0 Å². The second-order valence-corrected chi connectivity index (χ2v) is 30.1. The van der Waals surface area contributed by atoms with Gasteiger partial charge in [0, 0.05) is 48.9 Å². The van der Waals surface area contributed by atoms with Gasteiger partial charge in [0.2, 0.25) is 0 Å². The van der Waals surface area contributed by atoms with Crippen LogP contribution >= 0.6 is 0 Å². The van der Waals surface area contributed by atoms with Gasteiger partial charge in [-0.3, -0.25) is 0 Å². The minimum absolute atomic E-state index is 0.0126. The lowest BCUT2D eigenvalue weighted by Gasteiger charge is -2.48. The number of benzene rings is 9. The molecule has 2 nitrogen and oxygen atoms in total. The summed E-state index contributed by atoms with van der Waals surface area (Å²) in [5, 5.41) is 0. The van der Waals surface area contributed by atoms with E-state index in [4.69, 9.17) is 0 Å². The van der Waals surface area contributed by atoms with Crippen LogP contribution in [0, 0.1) is 6.85 Å². The van der Waals surface area contributed by atoms with E-state index in [0.717, 1.165) is 87.5 Å². The van der Waals surface area contributed by atoms with Gasteiger partial charge in [0.25, 0.3) is 6.71 Å². The predicted octanol–water partition coefficient (Wildman–Crippen LogP) is 20.1. The van der Waals surface area contributed by atoms with Gasteiger partial charge in [-0.15, -0.1) is 0 Å². The summed E-state index contributed by atoms with van der Waals surface area (Å²) >= 11 is 0. The maximum atomic E-state index is 9.48. The molecule has 0 spiro atoms. The van der Waals surface area contributed by atoms with Crippen LogP contribution in [-0.4, -0.2) is 6.71 Å². The zero-order chi connectivity index (χ0) is 61.8. The normalized spacial score (nSPS) is 17.8. The Morgan fingerprint density at radius 2 is 0.869 bits per heavy atom. The maximum Gasteiger partial charge on any atom is 0.252 e. The standard InChI is InChI=1S/C81H87BN2/c1-52-44-72-74-73(45-52)84(69-38-34-59(80(13,14)57-26-19-17-20-27-57)47-62(69)55-25-23-24-54(46-55)53-30-32-56(33-31-53)75(2,3)4)70-39-35-60(81(15,16)58-28-21-18-22-29-58)48-67(70)82(74)68-50-65-66(79(11,12)43-42-78(65,9)10)51-71(68)83(72)61-36-37-63-64(49-61)77(7,8)41-40-76(63,5)6/h17-39,44-51H,40-43H2,1-16H3/i1D3. The van der Waals surface area contributed by atoms with E-state index < -0.39 is 6.85 Å². The number of rotatable bonds is 8. The third-order valence-corrected chi connectivity index (χ3v) is 21.1. The number of anilines is 6. The third kappa shape index (κ3) is 9.04. The van der Waals surface area contributed by atoms with E-state index in [1.54, 1.807) is 0 Å². The quantitative estimate of drug-likeness (QED) is 0.140. The topological polar surface area (TPSA) is 6.48 Å². The van der Waals surface area contributed by atoms with Gasteiger partial charge in [0.1, 0.15) is 0 Å². The van der Waals surface area contributed by atoms with Crippen molar-refractivity contribution in [1.82, 2.24) is 0 Å². The van der Waals surface area contributed by atoms with E-state index in [2.05, 4.69) is 290 Å². The molecule has 0 radical (unpaired) electrons. The predicted molar refractivity (Wildman–Crippen MR) is 362 cm³/mol. The molecule has 3 heteroatoms. The lowest BCUT2D eigenvalue weighted by molar-refractivity contribution is 0.332. The molecule has 424 valence electrons. The molecule has 0 fully saturated rings. The Bertz CT molecular complexity index is 4190. The van der Waals surface area contributed by atoms with Gasteiger partial charge in [0.05, 0.1) is 5.69 Å². The molecular formula is C81H87BN2. The first-order valence-electron chi connectivity index (χ1n) is 32.6. The van der Waals surface area contributed by atoms with Gasteiger partial charge in [0.15, 0.2) is 0 Å². The van der Waals surface area contributed by atoms with Crippen LogP contribution in [-0.2, 0) is 37.9 Å². The van der Waals surface area contributed by atoms with Crippen molar-refractivity contribution in [2.45, 2.75) is 174 Å². The van der Waals surface area contributed by atoms with Gasteiger partial charge in [-0.2, -0.15) is 0 Å². The van der Waals surface area contributed by atoms with E-state index in [0.29, 0.717) is 5.56 Å². The minimum atomic E-state index is -2.44. The molecule has 2 aliphatic heterocycles. The molecule has 9 aromatic carbocycles. The number of nitrogens with zero attached hydrogens (tertiary/aromatic N) is 2. The Balaban J connectivity index is 1.15. The molecule has 9 aromatic rings. The second-order valence-electron chi connectivity index (χ2n) is 30.1. The summed E-state index contributed by atoms with van der Waals surface area (Å²) in [5.74, 6) is 0. The molecule has 13 rings (SSSR count). The van der Waals surface area contributed by atoms with Crippen LogP contribution in [0.3, 0.4) is 0 Å². The summed E-state index contributed by atoms with van der Waals surface area (Å²) < 4.78 is 28.5. The van der Waals surface area contributed by atoms with E-state index in [9.17, 15) is 4.11 Å². The Morgan fingerprint density at radius 1 is 0.369 bits per heavy atom. The Labute approximate surface area is 508 Å². The number of hydrogen-bond acceptors (Lipinski definition) is 2. The molecule has 0 aromatic heterocycles. The van der Waals surface area contributed by atoms with Gasteiger partial charge in [-0.05, 0) is 203 Å². The smallest absolute Gasteiger partial charge is 0.252 e. The summed E-state index contributed by atoms with van der Waals surface area (Å²) in [5.41, 5.74) is 25.3. The van der Waals surface area contributed by atoms with E-state index in [1.807, 2.05) is 12.1 Å². The fourth-order valence-electron chi connectivity index (χ4n) is 15.1. The number of aryl methyl sites for hydroxylation is 1. The Kier molecular flexibility index (Phi) is 12.0. The Hall–Kier alpha value is -7.36. The first-order chi connectivity index (χ1) is 40.9. The summed E-state index contributed by atoms with van der Waals surface area (Å²) in [7, 11) is 0. The summed E-state index contributed by atoms with van der Waals surface area (Å²) in [4.78, 5) is 4.96. The van der Waals surface area contributed by atoms with Crippen LogP contribution in [0.4, 0.5) is 34.1 Å². The van der Waals surface area contributed by atoms with Gasteiger partial charge >= 0.3 is 0 Å².